The maximum absolute atomic E-state index is 10.5. The smallest absolute Gasteiger partial charge is 0.211 e. The summed E-state index contributed by atoms with van der Waals surface area (Å²) in [5.41, 5.74) is 3.30. The van der Waals surface area contributed by atoms with Gasteiger partial charge in [0, 0.05) is 36.3 Å². The molecule has 0 fully saturated rings. The number of halogens is 1. The fourth-order valence-electron chi connectivity index (χ4n) is 3.20. The number of aryl methyl sites for hydroxylation is 2. The number of nitrogens with one attached hydrogen (secondary N) is 1. The summed E-state index contributed by atoms with van der Waals surface area (Å²) in [6.45, 7) is 1.49. The third-order valence-electron chi connectivity index (χ3n) is 4.78. The second-order valence-corrected chi connectivity index (χ2v) is 7.42. The lowest BCUT2D eigenvalue weighted by Gasteiger charge is -2.19. The highest BCUT2D eigenvalue weighted by Gasteiger charge is 2.11. The third kappa shape index (κ3) is 7.37. The number of benzene rings is 2. The Bertz CT molecular complexity index is 849. The van der Waals surface area contributed by atoms with Crippen LogP contribution in [-0.4, -0.2) is 28.7 Å². The van der Waals surface area contributed by atoms with Gasteiger partial charge in [0.1, 0.15) is 0 Å². The van der Waals surface area contributed by atoms with E-state index in [1.807, 2.05) is 48.9 Å². The SMILES string of the molecule is O=CNc1ccc(CCCOC(CCc2ccc(Cl)cc2)Cn2ccnc2)cc1. The summed E-state index contributed by atoms with van der Waals surface area (Å²) < 4.78 is 8.27. The van der Waals surface area contributed by atoms with E-state index in [9.17, 15) is 4.79 Å². The number of ether oxygens (including phenoxy) is 1. The molecule has 6 heteroatoms. The van der Waals surface area contributed by atoms with Crippen molar-refractivity contribution in [3.8, 4) is 0 Å². The molecule has 0 radical (unpaired) electrons. The van der Waals surface area contributed by atoms with Crippen molar-refractivity contribution in [3.63, 3.8) is 0 Å². The minimum atomic E-state index is 0.124. The van der Waals surface area contributed by atoms with Crippen LogP contribution in [0, 0.1) is 0 Å². The molecule has 1 amide bonds. The fourth-order valence-corrected chi connectivity index (χ4v) is 3.32. The van der Waals surface area contributed by atoms with Crippen LogP contribution in [0.4, 0.5) is 5.69 Å². The summed E-state index contributed by atoms with van der Waals surface area (Å²) >= 11 is 5.97. The van der Waals surface area contributed by atoms with Crippen molar-refractivity contribution in [2.24, 2.45) is 0 Å². The zero-order valence-electron chi connectivity index (χ0n) is 16.3. The Balaban J connectivity index is 1.46. The van der Waals surface area contributed by atoms with Crippen LogP contribution in [-0.2, 0) is 28.9 Å². The Morgan fingerprint density at radius 3 is 2.48 bits per heavy atom. The second kappa shape index (κ2) is 11.4. The first-order valence-electron chi connectivity index (χ1n) is 9.84. The summed E-state index contributed by atoms with van der Waals surface area (Å²) in [7, 11) is 0. The molecule has 0 aliphatic rings. The summed E-state index contributed by atoms with van der Waals surface area (Å²) in [4.78, 5) is 14.6. The fraction of sp³-hybridized carbons (Fsp3) is 0.304. The average molecular weight is 412 g/mol. The molecular formula is C23H26ClN3O2. The average Bonchev–Trinajstić information content (AvgIpc) is 3.25. The number of hydrogen-bond acceptors (Lipinski definition) is 3. The van der Waals surface area contributed by atoms with E-state index in [1.54, 1.807) is 6.20 Å². The van der Waals surface area contributed by atoms with Crippen molar-refractivity contribution in [1.29, 1.82) is 0 Å². The van der Waals surface area contributed by atoms with E-state index >= 15 is 0 Å². The minimum Gasteiger partial charge on any atom is -0.376 e. The highest BCUT2D eigenvalue weighted by Crippen LogP contribution is 2.15. The van der Waals surface area contributed by atoms with Gasteiger partial charge in [0.25, 0.3) is 0 Å². The topological polar surface area (TPSA) is 56.1 Å². The van der Waals surface area contributed by atoms with Gasteiger partial charge in [-0.25, -0.2) is 4.98 Å². The molecule has 0 aliphatic heterocycles. The standard InChI is InChI=1S/C23H26ClN3O2/c24-21-8-3-20(4-9-21)7-12-23(16-27-14-13-25-17-27)29-15-1-2-19-5-10-22(11-6-19)26-18-28/h3-6,8-11,13-14,17-18,23H,1-2,7,12,15-16H2,(H,26,28). The highest BCUT2D eigenvalue weighted by molar-refractivity contribution is 6.30. The van der Waals surface area contributed by atoms with E-state index in [0.29, 0.717) is 13.0 Å². The lowest BCUT2D eigenvalue weighted by Crippen LogP contribution is -2.21. The zero-order valence-corrected chi connectivity index (χ0v) is 17.1. The van der Waals surface area contributed by atoms with Crippen LogP contribution in [0.25, 0.3) is 0 Å². The molecule has 5 nitrogen and oxygen atoms in total. The van der Waals surface area contributed by atoms with Gasteiger partial charge in [0.2, 0.25) is 6.41 Å². The lowest BCUT2D eigenvalue weighted by atomic mass is 10.1. The molecular weight excluding hydrogens is 386 g/mol. The zero-order chi connectivity index (χ0) is 20.3. The number of nitrogens with zero attached hydrogens (tertiary/aromatic N) is 2. The van der Waals surface area contributed by atoms with Crippen LogP contribution in [0.1, 0.15) is 24.0 Å². The number of amides is 1. The number of imidazole rings is 1. The van der Waals surface area contributed by atoms with Crippen molar-refractivity contribution < 1.29 is 9.53 Å². The second-order valence-electron chi connectivity index (χ2n) is 6.98. The first kappa shape index (κ1) is 21.1. The molecule has 1 heterocycles. The Morgan fingerprint density at radius 2 is 1.79 bits per heavy atom. The van der Waals surface area contributed by atoms with Gasteiger partial charge in [-0.1, -0.05) is 35.9 Å². The summed E-state index contributed by atoms with van der Waals surface area (Å²) in [5.74, 6) is 0. The van der Waals surface area contributed by atoms with E-state index in [0.717, 1.165) is 42.9 Å². The molecule has 1 unspecified atom stereocenters. The molecule has 1 N–H and O–H groups in total. The number of rotatable bonds is 12. The van der Waals surface area contributed by atoms with Gasteiger partial charge in [-0.2, -0.15) is 0 Å². The van der Waals surface area contributed by atoms with E-state index < -0.39 is 0 Å². The monoisotopic (exact) mass is 411 g/mol. The highest BCUT2D eigenvalue weighted by atomic mass is 35.5. The van der Waals surface area contributed by atoms with Gasteiger partial charge in [0.15, 0.2) is 0 Å². The molecule has 152 valence electrons. The van der Waals surface area contributed by atoms with E-state index in [1.165, 1.54) is 11.1 Å². The quantitative estimate of drug-likeness (QED) is 0.345. The summed E-state index contributed by atoms with van der Waals surface area (Å²) in [6.07, 6.45) is 10.2. The predicted octanol–water partition coefficient (Wildman–Crippen LogP) is 4.76. The van der Waals surface area contributed by atoms with E-state index in [4.69, 9.17) is 16.3 Å². The van der Waals surface area contributed by atoms with Crippen LogP contribution < -0.4 is 5.32 Å². The predicted molar refractivity (Wildman–Crippen MR) is 116 cm³/mol. The number of anilines is 1. The van der Waals surface area contributed by atoms with Crippen molar-refractivity contribution in [2.45, 2.75) is 38.3 Å². The van der Waals surface area contributed by atoms with Gasteiger partial charge < -0.3 is 14.6 Å². The van der Waals surface area contributed by atoms with Crippen LogP contribution in [0.2, 0.25) is 5.02 Å². The molecule has 0 saturated carbocycles. The van der Waals surface area contributed by atoms with Gasteiger partial charge in [-0.15, -0.1) is 0 Å². The first-order valence-corrected chi connectivity index (χ1v) is 10.2. The van der Waals surface area contributed by atoms with E-state index in [-0.39, 0.29) is 6.10 Å². The van der Waals surface area contributed by atoms with Gasteiger partial charge in [-0.3, -0.25) is 4.79 Å². The Kier molecular flexibility index (Phi) is 8.28. The number of aromatic nitrogens is 2. The first-order chi connectivity index (χ1) is 14.2. The van der Waals surface area contributed by atoms with Crippen molar-refractivity contribution >= 4 is 23.7 Å². The van der Waals surface area contributed by atoms with Crippen LogP contribution in [0.3, 0.4) is 0 Å². The molecule has 0 saturated heterocycles. The van der Waals surface area contributed by atoms with Gasteiger partial charge >= 0.3 is 0 Å². The summed E-state index contributed by atoms with van der Waals surface area (Å²) in [5, 5.41) is 3.41. The van der Waals surface area contributed by atoms with Crippen molar-refractivity contribution in [2.75, 3.05) is 11.9 Å². The molecule has 0 spiro atoms. The molecule has 0 aliphatic carbocycles. The molecule has 2 aromatic carbocycles. The maximum atomic E-state index is 10.5. The van der Waals surface area contributed by atoms with Crippen LogP contribution >= 0.6 is 11.6 Å². The molecule has 0 bridgehead atoms. The molecule has 3 rings (SSSR count). The normalized spacial score (nSPS) is 11.9. The van der Waals surface area contributed by atoms with E-state index in [2.05, 4.69) is 27.0 Å². The Labute approximate surface area is 176 Å². The number of carbonyl (C=O) groups excluding carboxylic acids is 1. The van der Waals surface area contributed by atoms with Crippen molar-refractivity contribution in [3.05, 3.63) is 83.4 Å². The molecule has 1 aromatic heterocycles. The Morgan fingerprint density at radius 1 is 1.07 bits per heavy atom. The minimum absolute atomic E-state index is 0.124. The lowest BCUT2D eigenvalue weighted by molar-refractivity contribution is -0.105. The summed E-state index contributed by atoms with van der Waals surface area (Å²) in [6, 6.07) is 15.9. The number of carbonyl (C=O) groups is 1. The molecule has 29 heavy (non-hydrogen) atoms. The number of hydrogen-bond donors (Lipinski definition) is 1. The maximum Gasteiger partial charge on any atom is 0.211 e. The van der Waals surface area contributed by atoms with Crippen LogP contribution in [0.5, 0.6) is 0 Å². The van der Waals surface area contributed by atoms with Gasteiger partial charge in [0.05, 0.1) is 12.4 Å². The third-order valence-corrected chi connectivity index (χ3v) is 5.04. The largest absolute Gasteiger partial charge is 0.376 e. The van der Waals surface area contributed by atoms with Gasteiger partial charge in [-0.05, 0) is 61.1 Å². The Hall–Kier alpha value is -2.63. The van der Waals surface area contributed by atoms with Crippen LogP contribution in [0.15, 0.2) is 67.3 Å². The van der Waals surface area contributed by atoms with Crippen molar-refractivity contribution in [1.82, 2.24) is 9.55 Å². The molecule has 3 aromatic rings. The molecule has 1 atom stereocenters.